The largest absolute Gasteiger partial charge is 0.497 e. The van der Waals surface area contributed by atoms with Gasteiger partial charge in [-0.3, -0.25) is 14.5 Å². The number of hydrogen-bond acceptors (Lipinski definition) is 6. The first-order valence-electron chi connectivity index (χ1n) is 12.7. The van der Waals surface area contributed by atoms with Gasteiger partial charge in [-0.05, 0) is 48.7 Å². The number of hydrogen-bond donors (Lipinski definition) is 1. The lowest BCUT2D eigenvalue weighted by molar-refractivity contribution is -0.127. The van der Waals surface area contributed by atoms with Crippen LogP contribution >= 0.6 is 0 Å². The summed E-state index contributed by atoms with van der Waals surface area (Å²) >= 11 is 0. The number of nitrogens with zero attached hydrogens (tertiary/aromatic N) is 4. The monoisotopic (exact) mass is 533 g/mol. The molecule has 39 heavy (non-hydrogen) atoms. The average Bonchev–Trinajstić information content (AvgIpc) is 3.34. The number of aromatic nitrogens is 3. The number of methoxy groups -OCH3 is 2. The van der Waals surface area contributed by atoms with Crippen LogP contribution in [0.1, 0.15) is 31.9 Å². The first-order chi connectivity index (χ1) is 18.8. The molecule has 2 amide bonds. The van der Waals surface area contributed by atoms with Gasteiger partial charge in [-0.25, -0.2) is 9.07 Å². The highest BCUT2D eigenvalue weighted by Gasteiger charge is 2.36. The second-order valence-electron chi connectivity index (χ2n) is 9.43. The van der Waals surface area contributed by atoms with Gasteiger partial charge in [0.1, 0.15) is 35.4 Å². The van der Waals surface area contributed by atoms with E-state index in [0.717, 1.165) is 6.42 Å². The van der Waals surface area contributed by atoms with Gasteiger partial charge in [0.25, 0.3) is 0 Å². The second-order valence-corrected chi connectivity index (χ2v) is 9.43. The van der Waals surface area contributed by atoms with E-state index in [4.69, 9.17) is 9.47 Å². The van der Waals surface area contributed by atoms with Crippen LogP contribution in [0.3, 0.4) is 0 Å². The van der Waals surface area contributed by atoms with Gasteiger partial charge in [0.05, 0.1) is 25.4 Å². The lowest BCUT2D eigenvalue weighted by Gasteiger charge is -2.32. The van der Waals surface area contributed by atoms with E-state index in [9.17, 15) is 9.59 Å². The minimum atomic E-state index is -1.25. The number of anilines is 1. The number of para-hydroxylation sites is 2. The predicted octanol–water partition coefficient (Wildman–Crippen LogP) is 4.52. The van der Waals surface area contributed by atoms with Gasteiger partial charge in [-0.1, -0.05) is 43.3 Å². The highest BCUT2D eigenvalue weighted by Crippen LogP contribution is 2.37. The molecular weight excluding hydrogens is 501 g/mol. The van der Waals surface area contributed by atoms with Crippen molar-refractivity contribution in [3.8, 4) is 11.5 Å². The van der Waals surface area contributed by atoms with E-state index in [2.05, 4.69) is 15.6 Å². The fourth-order valence-corrected chi connectivity index (χ4v) is 4.33. The van der Waals surface area contributed by atoms with Crippen LogP contribution in [0.25, 0.3) is 11.0 Å². The summed E-state index contributed by atoms with van der Waals surface area (Å²) < 4.78 is 27.7. The lowest BCUT2D eigenvalue weighted by atomic mass is 10.0. The number of carbonyl (C=O) groups excluding carboxylic acids is 2. The molecule has 0 radical (unpaired) electrons. The molecule has 0 aliphatic rings. The summed E-state index contributed by atoms with van der Waals surface area (Å²) in [7, 11) is 2.98. The molecule has 0 bridgehead atoms. The Hall–Kier alpha value is -4.47. The van der Waals surface area contributed by atoms with Crippen molar-refractivity contribution in [3.63, 3.8) is 0 Å². The first kappa shape index (κ1) is 27.6. The van der Waals surface area contributed by atoms with Crippen molar-refractivity contribution in [2.24, 2.45) is 5.92 Å². The van der Waals surface area contributed by atoms with Crippen LogP contribution in [0.15, 0.2) is 66.7 Å². The fourth-order valence-electron chi connectivity index (χ4n) is 4.33. The molecule has 4 rings (SSSR count). The number of amides is 2. The zero-order valence-electron chi connectivity index (χ0n) is 22.4. The molecule has 3 aromatic carbocycles. The third kappa shape index (κ3) is 6.17. The molecule has 0 aliphatic carbocycles. The van der Waals surface area contributed by atoms with Crippen molar-refractivity contribution in [2.75, 3.05) is 25.7 Å². The summed E-state index contributed by atoms with van der Waals surface area (Å²) in [6.45, 7) is 4.21. The molecule has 204 valence electrons. The molecule has 0 unspecified atom stereocenters. The molecule has 1 atom stereocenters. The predicted molar refractivity (Wildman–Crippen MR) is 146 cm³/mol. The van der Waals surface area contributed by atoms with Crippen LogP contribution in [-0.2, 0) is 16.1 Å². The molecule has 4 aromatic rings. The Labute approximate surface area is 226 Å². The number of rotatable bonds is 11. The van der Waals surface area contributed by atoms with E-state index in [-0.39, 0.29) is 12.2 Å². The van der Waals surface area contributed by atoms with E-state index in [1.165, 1.54) is 42.0 Å². The Bertz CT molecular complexity index is 1450. The Balaban J connectivity index is 1.84. The summed E-state index contributed by atoms with van der Waals surface area (Å²) in [5, 5.41) is 11.2. The molecule has 1 heterocycles. The van der Waals surface area contributed by atoms with Gasteiger partial charge < -0.3 is 14.8 Å². The van der Waals surface area contributed by atoms with E-state index in [0.29, 0.717) is 40.6 Å². The van der Waals surface area contributed by atoms with Gasteiger partial charge >= 0.3 is 0 Å². The third-order valence-electron chi connectivity index (χ3n) is 6.35. The normalized spacial score (nSPS) is 11.8. The average molecular weight is 534 g/mol. The number of halogens is 1. The van der Waals surface area contributed by atoms with E-state index >= 15 is 4.39 Å². The number of fused-ring (bicyclic) bond motifs is 1. The van der Waals surface area contributed by atoms with Gasteiger partial charge in [0.15, 0.2) is 0 Å². The Kier molecular flexibility index (Phi) is 8.75. The molecular formula is C29H32FN5O4. The zero-order valence-corrected chi connectivity index (χ0v) is 22.4. The quantitative estimate of drug-likeness (QED) is 0.304. The minimum absolute atomic E-state index is 0.0474. The van der Waals surface area contributed by atoms with Crippen molar-refractivity contribution in [1.82, 2.24) is 20.3 Å². The van der Waals surface area contributed by atoms with Crippen molar-refractivity contribution in [3.05, 3.63) is 78.1 Å². The molecule has 0 saturated carbocycles. The third-order valence-corrected chi connectivity index (χ3v) is 6.35. The van der Waals surface area contributed by atoms with E-state index in [1.54, 1.807) is 36.4 Å². The molecule has 0 fully saturated rings. The molecule has 1 aromatic heterocycles. The highest BCUT2D eigenvalue weighted by atomic mass is 19.1. The number of benzene rings is 3. The lowest BCUT2D eigenvalue weighted by Crippen LogP contribution is -2.46. The molecule has 0 aliphatic heterocycles. The van der Waals surface area contributed by atoms with Crippen LogP contribution in [0, 0.1) is 11.7 Å². The summed E-state index contributed by atoms with van der Waals surface area (Å²) in [5.41, 5.74) is 1.58. The molecule has 1 N–H and O–H groups in total. The summed E-state index contributed by atoms with van der Waals surface area (Å²) in [5.74, 6) is -0.506. The van der Waals surface area contributed by atoms with Gasteiger partial charge in [-0.15, -0.1) is 5.10 Å². The standard InChI is InChI=1S/C29H32FN5O4/c1-19(2)15-16-31-29(37)28(21-14-13-20(38-3)17-26(21)39-4)35(24-11-7-5-9-22(24)30)27(36)18-34-25-12-8-6-10-23(25)32-33-34/h5-14,17,19,28H,15-16,18H2,1-4H3,(H,31,37)/t28-/m1/s1. The van der Waals surface area contributed by atoms with Crippen molar-refractivity contribution in [1.29, 1.82) is 0 Å². The molecule has 0 spiro atoms. The maximum Gasteiger partial charge on any atom is 0.249 e. The Morgan fingerprint density at radius 2 is 1.77 bits per heavy atom. The second kappa shape index (κ2) is 12.4. The van der Waals surface area contributed by atoms with Gasteiger partial charge in [0.2, 0.25) is 11.8 Å². The summed E-state index contributed by atoms with van der Waals surface area (Å²) in [4.78, 5) is 29.1. The van der Waals surface area contributed by atoms with Crippen molar-refractivity contribution < 1.29 is 23.5 Å². The number of carbonyl (C=O) groups is 2. The van der Waals surface area contributed by atoms with E-state index in [1.807, 2.05) is 26.0 Å². The Morgan fingerprint density at radius 3 is 2.49 bits per heavy atom. The smallest absolute Gasteiger partial charge is 0.249 e. The maximum absolute atomic E-state index is 15.3. The summed E-state index contributed by atoms with van der Waals surface area (Å²) in [6, 6.07) is 16.8. The number of ether oxygens (including phenoxy) is 2. The SMILES string of the molecule is COc1ccc([C@H](C(=O)NCCC(C)C)N(C(=O)Cn2nnc3ccccc32)c2ccccc2F)c(OC)c1. The van der Waals surface area contributed by atoms with Gasteiger partial charge in [0, 0.05) is 18.2 Å². The Morgan fingerprint density at radius 1 is 1.03 bits per heavy atom. The van der Waals surface area contributed by atoms with Crippen molar-refractivity contribution in [2.45, 2.75) is 32.9 Å². The van der Waals surface area contributed by atoms with Crippen molar-refractivity contribution >= 4 is 28.5 Å². The maximum atomic E-state index is 15.3. The van der Waals surface area contributed by atoms with Gasteiger partial charge in [-0.2, -0.15) is 0 Å². The number of nitrogens with one attached hydrogen (secondary N) is 1. The molecule has 0 saturated heterocycles. The van der Waals surface area contributed by atoms with Crippen LogP contribution in [0.4, 0.5) is 10.1 Å². The van der Waals surface area contributed by atoms with Crippen LogP contribution < -0.4 is 19.7 Å². The fraction of sp³-hybridized carbons (Fsp3) is 0.310. The van der Waals surface area contributed by atoms with Crippen LogP contribution in [0.2, 0.25) is 0 Å². The molecule has 9 nitrogen and oxygen atoms in total. The van der Waals surface area contributed by atoms with Crippen LogP contribution in [-0.4, -0.2) is 47.6 Å². The summed E-state index contributed by atoms with van der Waals surface area (Å²) in [6.07, 6.45) is 0.733. The topological polar surface area (TPSA) is 98.6 Å². The zero-order chi connectivity index (χ0) is 27.9. The first-order valence-corrected chi connectivity index (χ1v) is 12.7. The molecule has 10 heteroatoms. The van der Waals surface area contributed by atoms with E-state index < -0.39 is 23.7 Å². The minimum Gasteiger partial charge on any atom is -0.497 e. The van der Waals surface area contributed by atoms with Crippen LogP contribution in [0.5, 0.6) is 11.5 Å². The highest BCUT2D eigenvalue weighted by molar-refractivity contribution is 6.02.